The molecule has 2 aromatic carbocycles. The normalized spacial score (nSPS) is 14.5. The third kappa shape index (κ3) is 6.65. The minimum atomic E-state index is 0. The van der Waals surface area contributed by atoms with E-state index in [1.165, 1.54) is 52.3 Å². The first-order chi connectivity index (χ1) is 10.8. The predicted molar refractivity (Wildman–Crippen MR) is 103 cm³/mol. The van der Waals surface area contributed by atoms with Gasteiger partial charge in [0, 0.05) is 0 Å². The van der Waals surface area contributed by atoms with Crippen molar-refractivity contribution in [1.82, 2.24) is 0 Å². The summed E-state index contributed by atoms with van der Waals surface area (Å²) in [6, 6.07) is 13.2. The number of hydrogen-bond donors (Lipinski definition) is 0. The van der Waals surface area contributed by atoms with Crippen molar-refractivity contribution in [2.75, 3.05) is 0 Å². The van der Waals surface area contributed by atoms with Gasteiger partial charge < -0.3 is 9.41 Å². The fraction of sp³-hybridized carbons (Fsp3) is 0.435. The summed E-state index contributed by atoms with van der Waals surface area (Å²) in [4.78, 5) is 0. The van der Waals surface area contributed by atoms with Gasteiger partial charge in [-0.15, -0.1) is 47.5 Å². The van der Waals surface area contributed by atoms with Crippen molar-refractivity contribution in [3.63, 3.8) is 0 Å². The number of halogens is 2. The summed E-state index contributed by atoms with van der Waals surface area (Å²) in [6.07, 6.45) is 7.24. The molecular formula is C23H30F2Zr. The third-order valence-electron chi connectivity index (χ3n) is 5.06. The number of allylic oxidation sites excluding steroid dienone is 4. The van der Waals surface area contributed by atoms with E-state index in [1.807, 2.05) is 0 Å². The van der Waals surface area contributed by atoms with Gasteiger partial charge in [-0.1, -0.05) is 58.9 Å². The molecule has 3 heteroatoms. The standard InChI is InChI=1S/C13H15.C10H15.2FH.Zr/c1-2-3-6-11-9-12-7-4-5-8-13(12)10-11;1-7-6-10(4,5)9(3)8(7)2;;;/h4-5,7-10H,2-3,6H2,1H3;1-5H3;2*1H;/q2*-1;;;+4/p-2. The van der Waals surface area contributed by atoms with Crippen LogP contribution in [0.4, 0.5) is 0 Å². The molecule has 0 N–H and O–H groups in total. The van der Waals surface area contributed by atoms with Gasteiger partial charge in [-0.25, -0.2) is 5.57 Å². The smallest absolute Gasteiger partial charge is 1.00 e. The molecule has 26 heavy (non-hydrogen) atoms. The second-order valence-electron chi connectivity index (χ2n) is 7.22. The summed E-state index contributed by atoms with van der Waals surface area (Å²) in [7, 11) is 0. The second-order valence-corrected chi connectivity index (χ2v) is 7.22. The Kier molecular flexibility index (Phi) is 12.3. The SMILES string of the molecule is CC1=[C-]C(C)(C)C(C)=C1C.CCCCc1cc2ccccc2[cH-]1.[F-].[F-].[Zr+4]. The van der Waals surface area contributed by atoms with E-state index in [2.05, 4.69) is 84.0 Å². The second kappa shape index (κ2) is 11.7. The van der Waals surface area contributed by atoms with Crippen LogP contribution in [0, 0.1) is 11.5 Å². The van der Waals surface area contributed by atoms with Crippen molar-refractivity contribution in [1.29, 1.82) is 0 Å². The first-order valence-electron chi connectivity index (χ1n) is 8.79. The molecule has 0 fully saturated rings. The third-order valence-corrected chi connectivity index (χ3v) is 5.06. The van der Waals surface area contributed by atoms with E-state index in [9.17, 15) is 0 Å². The van der Waals surface area contributed by atoms with Crippen LogP contribution < -0.4 is 9.41 Å². The van der Waals surface area contributed by atoms with E-state index in [-0.39, 0.29) is 41.0 Å². The fourth-order valence-corrected chi connectivity index (χ4v) is 3.15. The molecule has 0 bridgehead atoms. The van der Waals surface area contributed by atoms with Gasteiger partial charge in [0.15, 0.2) is 0 Å². The largest absolute Gasteiger partial charge is 4.00 e. The molecule has 1 aliphatic carbocycles. The summed E-state index contributed by atoms with van der Waals surface area (Å²) >= 11 is 0. The molecule has 0 saturated carbocycles. The van der Waals surface area contributed by atoms with Crippen LogP contribution in [0.3, 0.4) is 0 Å². The van der Waals surface area contributed by atoms with E-state index in [0.717, 1.165) is 0 Å². The number of unbranched alkanes of at least 4 members (excludes halogenated alkanes) is 1. The first-order valence-corrected chi connectivity index (χ1v) is 8.79. The maximum absolute atomic E-state index is 3.44. The molecule has 0 radical (unpaired) electrons. The fourth-order valence-electron chi connectivity index (χ4n) is 3.15. The number of benzene rings is 1. The van der Waals surface area contributed by atoms with Crippen molar-refractivity contribution >= 4 is 10.8 Å². The topological polar surface area (TPSA) is 0 Å². The van der Waals surface area contributed by atoms with Crippen LogP contribution in [0.5, 0.6) is 0 Å². The number of hydrogen-bond acceptors (Lipinski definition) is 0. The molecule has 140 valence electrons. The van der Waals surface area contributed by atoms with Gasteiger partial charge in [-0.05, 0) is 6.42 Å². The van der Waals surface area contributed by atoms with Gasteiger partial charge in [0.2, 0.25) is 0 Å². The average Bonchev–Trinajstić information content (AvgIpc) is 3.00. The van der Waals surface area contributed by atoms with Crippen molar-refractivity contribution in [2.45, 2.75) is 60.8 Å². The molecule has 2 aromatic rings. The van der Waals surface area contributed by atoms with Crippen LogP contribution >= 0.6 is 0 Å². The van der Waals surface area contributed by atoms with Crippen LogP contribution in [0.25, 0.3) is 10.8 Å². The van der Waals surface area contributed by atoms with Crippen LogP contribution in [0.1, 0.15) is 59.9 Å². The maximum Gasteiger partial charge on any atom is 4.00 e. The maximum atomic E-state index is 3.44. The van der Waals surface area contributed by atoms with Crippen molar-refractivity contribution in [3.8, 4) is 0 Å². The van der Waals surface area contributed by atoms with E-state index in [4.69, 9.17) is 0 Å². The van der Waals surface area contributed by atoms with Gasteiger partial charge in [0.1, 0.15) is 0 Å². The van der Waals surface area contributed by atoms with Crippen molar-refractivity contribution in [3.05, 3.63) is 64.8 Å². The minimum Gasteiger partial charge on any atom is -1.00 e. The summed E-state index contributed by atoms with van der Waals surface area (Å²) in [6.45, 7) is 13.2. The van der Waals surface area contributed by atoms with Gasteiger partial charge in [-0.3, -0.25) is 6.08 Å². The molecule has 0 spiro atoms. The Morgan fingerprint density at radius 1 is 1.04 bits per heavy atom. The Balaban J connectivity index is 0. The number of fused-ring (bicyclic) bond motifs is 1. The molecule has 3 rings (SSSR count). The van der Waals surface area contributed by atoms with Gasteiger partial charge in [-0.2, -0.15) is 17.2 Å². The van der Waals surface area contributed by atoms with Gasteiger partial charge in [0.05, 0.1) is 0 Å². The molecule has 0 unspecified atom stereocenters. The first kappa shape index (κ1) is 27.3. The zero-order valence-corrected chi connectivity index (χ0v) is 19.3. The van der Waals surface area contributed by atoms with Crippen LogP contribution in [-0.2, 0) is 32.6 Å². The Hall–Kier alpha value is -0.947. The van der Waals surface area contributed by atoms with E-state index in [1.54, 1.807) is 0 Å². The predicted octanol–water partition coefficient (Wildman–Crippen LogP) is 1.02. The van der Waals surface area contributed by atoms with Gasteiger partial charge in [0.25, 0.3) is 0 Å². The Labute approximate surface area is 177 Å². The summed E-state index contributed by atoms with van der Waals surface area (Å²) in [5, 5.41) is 2.77. The van der Waals surface area contributed by atoms with Gasteiger partial charge >= 0.3 is 26.2 Å². The van der Waals surface area contributed by atoms with Crippen molar-refractivity contribution in [2.24, 2.45) is 5.41 Å². The van der Waals surface area contributed by atoms with Crippen LogP contribution in [-0.4, -0.2) is 0 Å². The summed E-state index contributed by atoms with van der Waals surface area (Å²) in [5.41, 5.74) is 5.88. The number of rotatable bonds is 3. The molecule has 1 aliphatic rings. The average molecular weight is 436 g/mol. The summed E-state index contributed by atoms with van der Waals surface area (Å²) < 4.78 is 0. The zero-order valence-electron chi connectivity index (χ0n) is 16.8. The van der Waals surface area contributed by atoms with E-state index >= 15 is 0 Å². The Morgan fingerprint density at radius 3 is 2.08 bits per heavy atom. The zero-order chi connectivity index (χ0) is 17.0. The monoisotopic (exact) mass is 434 g/mol. The quantitative estimate of drug-likeness (QED) is 0.632. The number of aryl methyl sites for hydroxylation is 1. The molecule has 0 nitrogen and oxygen atoms in total. The Morgan fingerprint density at radius 2 is 1.65 bits per heavy atom. The summed E-state index contributed by atoms with van der Waals surface area (Å²) in [5.74, 6) is 0. The molecule has 0 heterocycles. The van der Waals surface area contributed by atoms with E-state index in [0.29, 0.717) is 0 Å². The molecule has 0 aliphatic heterocycles. The van der Waals surface area contributed by atoms with Crippen molar-refractivity contribution < 1.29 is 35.6 Å². The minimum absolute atomic E-state index is 0. The Bertz CT molecular complexity index is 703. The van der Waals surface area contributed by atoms with E-state index < -0.39 is 0 Å². The molecule has 0 saturated heterocycles. The molecular weight excluding hydrogens is 405 g/mol. The molecule has 0 aromatic heterocycles. The van der Waals surface area contributed by atoms with Crippen LogP contribution in [0.15, 0.2) is 53.1 Å². The molecule has 0 atom stereocenters. The van der Waals surface area contributed by atoms with Crippen LogP contribution in [0.2, 0.25) is 0 Å². The molecule has 0 amide bonds.